The Morgan fingerprint density at radius 2 is 2.35 bits per heavy atom. The van der Waals surface area contributed by atoms with E-state index in [0.29, 0.717) is 0 Å². The number of nitrogens with zero attached hydrogens (tertiary/aromatic N) is 1. The molecule has 2 N–H and O–H groups in total. The summed E-state index contributed by atoms with van der Waals surface area (Å²) in [6.07, 6.45) is 1.93. The molecule has 92 valence electrons. The molecule has 4 heteroatoms. The van der Waals surface area contributed by atoms with Crippen molar-refractivity contribution < 1.29 is 4.74 Å². The van der Waals surface area contributed by atoms with Crippen LogP contribution < -0.4 is 10.5 Å². The van der Waals surface area contributed by atoms with Gasteiger partial charge in [-0.1, -0.05) is 11.6 Å². The summed E-state index contributed by atoms with van der Waals surface area (Å²) in [4.78, 5) is 2.30. The largest absolute Gasteiger partial charge is 0.485 e. The maximum absolute atomic E-state index is 6.26. The van der Waals surface area contributed by atoms with Crippen molar-refractivity contribution in [1.82, 2.24) is 4.90 Å². The molecule has 3 rings (SSSR count). The van der Waals surface area contributed by atoms with E-state index in [-0.39, 0.29) is 11.6 Å². The molecule has 2 heterocycles. The number of hydrogen-bond acceptors (Lipinski definition) is 3. The average molecular weight is 253 g/mol. The van der Waals surface area contributed by atoms with Gasteiger partial charge in [0, 0.05) is 42.6 Å². The predicted octanol–water partition coefficient (Wildman–Crippen LogP) is 2.20. The van der Waals surface area contributed by atoms with Crippen LogP contribution in [0.2, 0.25) is 5.02 Å². The van der Waals surface area contributed by atoms with Crippen LogP contribution in [0.25, 0.3) is 0 Å². The Bertz CT molecular complexity index is 451. The number of halogens is 1. The van der Waals surface area contributed by atoms with Gasteiger partial charge in [-0.15, -0.1) is 0 Å². The molecular weight excluding hydrogens is 236 g/mol. The highest BCUT2D eigenvalue weighted by atomic mass is 35.5. The molecular formula is C13H17ClN2O. The highest BCUT2D eigenvalue weighted by Crippen LogP contribution is 2.43. The van der Waals surface area contributed by atoms with Gasteiger partial charge in [-0.2, -0.15) is 0 Å². The lowest BCUT2D eigenvalue weighted by molar-refractivity contribution is 0.0466. The monoisotopic (exact) mass is 252 g/mol. The number of rotatable bonds is 0. The second-order valence-corrected chi connectivity index (χ2v) is 5.70. The molecule has 1 aromatic carbocycles. The fourth-order valence-corrected chi connectivity index (χ4v) is 3.16. The number of likely N-dealkylation sites (N-methyl/N-ethyl adjacent to an activating group) is 1. The van der Waals surface area contributed by atoms with Gasteiger partial charge in [0.15, 0.2) is 0 Å². The van der Waals surface area contributed by atoms with Crippen LogP contribution in [0.15, 0.2) is 18.2 Å². The van der Waals surface area contributed by atoms with E-state index in [4.69, 9.17) is 22.1 Å². The summed E-state index contributed by atoms with van der Waals surface area (Å²) in [5, 5.41) is 0.724. The molecule has 1 spiro atoms. The Labute approximate surface area is 106 Å². The quantitative estimate of drug-likeness (QED) is 0.769. The van der Waals surface area contributed by atoms with Crippen LogP contribution in [0.3, 0.4) is 0 Å². The highest BCUT2D eigenvalue weighted by molar-refractivity contribution is 6.30. The Balaban J connectivity index is 1.96. The summed E-state index contributed by atoms with van der Waals surface area (Å²) in [5.74, 6) is 0.906. The molecule has 1 unspecified atom stereocenters. The Kier molecular flexibility index (Phi) is 2.58. The fourth-order valence-electron chi connectivity index (χ4n) is 2.98. The number of benzene rings is 1. The summed E-state index contributed by atoms with van der Waals surface area (Å²) in [7, 11) is 2.13. The van der Waals surface area contributed by atoms with E-state index in [1.54, 1.807) is 0 Å². The first kappa shape index (κ1) is 11.3. The Morgan fingerprint density at radius 1 is 1.53 bits per heavy atom. The maximum Gasteiger partial charge on any atom is 0.125 e. The molecule has 0 aliphatic carbocycles. The van der Waals surface area contributed by atoms with Crippen molar-refractivity contribution in [3.8, 4) is 5.75 Å². The molecule has 1 saturated heterocycles. The lowest BCUT2D eigenvalue weighted by atomic mass is 9.87. The van der Waals surface area contributed by atoms with E-state index in [9.17, 15) is 0 Å². The van der Waals surface area contributed by atoms with Crippen LogP contribution in [0.5, 0.6) is 5.75 Å². The van der Waals surface area contributed by atoms with E-state index in [1.807, 2.05) is 18.2 Å². The first-order chi connectivity index (χ1) is 8.08. The minimum absolute atomic E-state index is 0.0314. The SMILES string of the molecule is CN1CCC2(C[C@H](N)c3cc(Cl)ccc3O2)C1. The molecule has 1 fully saturated rings. The zero-order valence-electron chi connectivity index (χ0n) is 9.95. The summed E-state index contributed by atoms with van der Waals surface area (Å²) >= 11 is 6.00. The number of likely N-dealkylation sites (tertiary alicyclic amines) is 1. The Hall–Kier alpha value is -0.770. The lowest BCUT2D eigenvalue weighted by Crippen LogP contribution is -2.44. The average Bonchev–Trinajstić information content (AvgIpc) is 2.61. The van der Waals surface area contributed by atoms with Gasteiger partial charge in [0.05, 0.1) is 0 Å². The smallest absolute Gasteiger partial charge is 0.125 e. The van der Waals surface area contributed by atoms with E-state index in [0.717, 1.165) is 42.3 Å². The molecule has 2 aliphatic rings. The van der Waals surface area contributed by atoms with Crippen molar-refractivity contribution in [3.63, 3.8) is 0 Å². The van der Waals surface area contributed by atoms with Gasteiger partial charge >= 0.3 is 0 Å². The fraction of sp³-hybridized carbons (Fsp3) is 0.538. The second kappa shape index (κ2) is 3.87. The predicted molar refractivity (Wildman–Crippen MR) is 68.5 cm³/mol. The standard InChI is InChI=1S/C13H17ClN2O/c1-16-5-4-13(8-16)7-11(15)10-6-9(14)2-3-12(10)17-13/h2-3,6,11H,4-5,7-8,15H2,1H3/t11-,13?/m0/s1. The highest BCUT2D eigenvalue weighted by Gasteiger charge is 2.44. The van der Waals surface area contributed by atoms with Crippen LogP contribution >= 0.6 is 11.6 Å². The van der Waals surface area contributed by atoms with Crippen molar-refractivity contribution in [2.45, 2.75) is 24.5 Å². The molecule has 0 amide bonds. The summed E-state index contributed by atoms with van der Waals surface area (Å²) in [6, 6.07) is 5.76. The van der Waals surface area contributed by atoms with Crippen LogP contribution in [-0.2, 0) is 0 Å². The van der Waals surface area contributed by atoms with Crippen molar-refractivity contribution in [2.75, 3.05) is 20.1 Å². The zero-order valence-corrected chi connectivity index (χ0v) is 10.7. The normalized spacial score (nSPS) is 32.5. The second-order valence-electron chi connectivity index (χ2n) is 5.27. The van der Waals surface area contributed by atoms with Gasteiger partial charge in [0.2, 0.25) is 0 Å². The van der Waals surface area contributed by atoms with Gasteiger partial charge in [-0.25, -0.2) is 0 Å². The van der Waals surface area contributed by atoms with E-state index in [2.05, 4.69) is 11.9 Å². The maximum atomic E-state index is 6.26. The first-order valence-electron chi connectivity index (χ1n) is 6.01. The van der Waals surface area contributed by atoms with E-state index >= 15 is 0 Å². The third kappa shape index (κ3) is 1.92. The molecule has 0 radical (unpaired) electrons. The molecule has 0 bridgehead atoms. The van der Waals surface area contributed by atoms with Crippen molar-refractivity contribution in [2.24, 2.45) is 5.73 Å². The van der Waals surface area contributed by atoms with Crippen LogP contribution in [0, 0.1) is 0 Å². The number of nitrogens with two attached hydrogens (primary N) is 1. The molecule has 1 aromatic rings. The van der Waals surface area contributed by atoms with Crippen LogP contribution in [0.1, 0.15) is 24.4 Å². The zero-order chi connectivity index (χ0) is 12.0. The van der Waals surface area contributed by atoms with Gasteiger partial charge in [0.25, 0.3) is 0 Å². The molecule has 17 heavy (non-hydrogen) atoms. The van der Waals surface area contributed by atoms with Crippen molar-refractivity contribution in [3.05, 3.63) is 28.8 Å². The minimum atomic E-state index is -0.0883. The third-order valence-electron chi connectivity index (χ3n) is 3.80. The van der Waals surface area contributed by atoms with Crippen molar-refractivity contribution in [1.29, 1.82) is 0 Å². The Morgan fingerprint density at radius 3 is 3.06 bits per heavy atom. The van der Waals surface area contributed by atoms with Gasteiger partial charge in [-0.3, -0.25) is 0 Å². The van der Waals surface area contributed by atoms with Gasteiger partial charge < -0.3 is 15.4 Å². The van der Waals surface area contributed by atoms with E-state index in [1.165, 1.54) is 0 Å². The summed E-state index contributed by atoms with van der Waals surface area (Å²) < 4.78 is 6.20. The number of hydrogen-bond donors (Lipinski definition) is 1. The summed E-state index contributed by atoms with van der Waals surface area (Å²) in [5.41, 5.74) is 7.21. The first-order valence-corrected chi connectivity index (χ1v) is 6.38. The molecule has 3 nitrogen and oxygen atoms in total. The lowest BCUT2D eigenvalue weighted by Gasteiger charge is -2.38. The van der Waals surface area contributed by atoms with Gasteiger partial charge in [-0.05, 0) is 25.2 Å². The minimum Gasteiger partial charge on any atom is -0.485 e. The number of ether oxygens (including phenoxy) is 1. The van der Waals surface area contributed by atoms with Crippen molar-refractivity contribution >= 4 is 11.6 Å². The van der Waals surface area contributed by atoms with E-state index < -0.39 is 0 Å². The summed E-state index contributed by atoms with van der Waals surface area (Å²) in [6.45, 7) is 2.04. The third-order valence-corrected chi connectivity index (χ3v) is 4.03. The molecule has 2 atom stereocenters. The van der Waals surface area contributed by atoms with Gasteiger partial charge in [0.1, 0.15) is 11.4 Å². The molecule has 0 saturated carbocycles. The van der Waals surface area contributed by atoms with Crippen LogP contribution in [0.4, 0.5) is 0 Å². The number of fused-ring (bicyclic) bond motifs is 1. The molecule has 0 aromatic heterocycles. The topological polar surface area (TPSA) is 38.5 Å². The molecule has 2 aliphatic heterocycles. The van der Waals surface area contributed by atoms with Crippen LogP contribution in [-0.4, -0.2) is 30.6 Å².